The second-order valence-electron chi connectivity index (χ2n) is 4.93. The van der Waals surface area contributed by atoms with E-state index in [9.17, 15) is 35.5 Å². The molecule has 0 aliphatic rings. The quantitative estimate of drug-likeness (QED) is 0.300. The second-order valence-corrected chi connectivity index (χ2v) is 4.93. The number of halogens is 7. The van der Waals surface area contributed by atoms with E-state index in [-0.39, 0.29) is 6.42 Å². The van der Waals surface area contributed by atoms with Gasteiger partial charge in [0.15, 0.2) is 0 Å². The summed E-state index contributed by atoms with van der Waals surface area (Å²) >= 11 is 0. The molecule has 0 amide bonds. The van der Waals surface area contributed by atoms with E-state index in [4.69, 9.17) is 0 Å². The summed E-state index contributed by atoms with van der Waals surface area (Å²) in [6.45, 7) is 2.02. The molecule has 0 bridgehead atoms. The Hall–Kier alpha value is -1.02. The van der Waals surface area contributed by atoms with Crippen molar-refractivity contribution in [2.75, 3.05) is 0 Å². The average Bonchev–Trinajstić information content (AvgIpc) is 2.35. The lowest BCUT2D eigenvalue weighted by Gasteiger charge is -2.26. The van der Waals surface area contributed by atoms with E-state index in [1.807, 2.05) is 6.92 Å². The number of hydrogen-bond donors (Lipinski definition) is 0. The van der Waals surface area contributed by atoms with Gasteiger partial charge in [-0.05, 0) is 6.42 Å². The first-order valence-electron chi connectivity index (χ1n) is 7.00. The molecule has 0 saturated heterocycles. The molecule has 2 nitrogen and oxygen atoms in total. The minimum absolute atomic E-state index is 0.0959. The molecule has 0 spiro atoms. The monoisotopic (exact) mass is 340 g/mol. The van der Waals surface area contributed by atoms with Crippen molar-refractivity contribution in [3.63, 3.8) is 0 Å². The highest BCUT2D eigenvalue weighted by Crippen LogP contribution is 2.47. The molecule has 0 aromatic heterocycles. The minimum atomic E-state index is -6.50. The maximum Gasteiger partial charge on any atom is 0.476 e. The minimum Gasteiger partial charge on any atom is -0.396 e. The van der Waals surface area contributed by atoms with Crippen LogP contribution >= 0.6 is 0 Å². The standard InChI is InChI=1S/C13H19F7O2/c1-2-3-4-5-6-7-8-9-10(21)22-13(19,20)11(14,15)12(16,17)18/h2-9H2,1H3. The molecular formula is C13H19F7O2. The zero-order chi connectivity index (χ0) is 17.4. The van der Waals surface area contributed by atoms with Gasteiger partial charge in [0.2, 0.25) is 0 Å². The molecule has 0 unspecified atom stereocenters. The Labute approximate surface area is 124 Å². The molecule has 0 aliphatic heterocycles. The Balaban J connectivity index is 4.15. The fourth-order valence-electron chi connectivity index (χ4n) is 1.65. The molecule has 0 aromatic rings. The van der Waals surface area contributed by atoms with Crippen molar-refractivity contribution in [1.82, 2.24) is 0 Å². The van der Waals surface area contributed by atoms with E-state index < -0.39 is 30.6 Å². The molecule has 22 heavy (non-hydrogen) atoms. The van der Waals surface area contributed by atoms with E-state index >= 15 is 0 Å². The van der Waals surface area contributed by atoms with Gasteiger partial charge in [-0.3, -0.25) is 4.79 Å². The van der Waals surface area contributed by atoms with Gasteiger partial charge in [0.25, 0.3) is 0 Å². The Kier molecular flexibility index (Phi) is 8.17. The van der Waals surface area contributed by atoms with Gasteiger partial charge < -0.3 is 4.74 Å². The van der Waals surface area contributed by atoms with Crippen molar-refractivity contribution in [3.05, 3.63) is 0 Å². The second kappa shape index (κ2) is 8.57. The third kappa shape index (κ3) is 6.39. The molecule has 0 saturated carbocycles. The van der Waals surface area contributed by atoms with E-state index in [0.717, 1.165) is 32.1 Å². The van der Waals surface area contributed by atoms with Crippen LogP contribution in [0.25, 0.3) is 0 Å². The molecule has 0 N–H and O–H groups in total. The summed E-state index contributed by atoms with van der Waals surface area (Å²) < 4.78 is 88.9. The van der Waals surface area contributed by atoms with Crippen LogP contribution in [0.15, 0.2) is 0 Å². The van der Waals surface area contributed by atoms with Gasteiger partial charge >= 0.3 is 24.2 Å². The van der Waals surface area contributed by atoms with Crippen molar-refractivity contribution in [2.24, 2.45) is 0 Å². The maximum atomic E-state index is 12.7. The van der Waals surface area contributed by atoms with Gasteiger partial charge in [-0.25, -0.2) is 0 Å². The van der Waals surface area contributed by atoms with Crippen LogP contribution in [0, 0.1) is 0 Å². The molecular weight excluding hydrogens is 321 g/mol. The maximum absolute atomic E-state index is 12.7. The SMILES string of the molecule is CCCCCCCCCC(=O)OC(F)(F)C(F)(F)C(F)(F)F. The first-order valence-corrected chi connectivity index (χ1v) is 7.00. The van der Waals surface area contributed by atoms with Crippen molar-refractivity contribution in [2.45, 2.75) is 76.5 Å². The van der Waals surface area contributed by atoms with E-state index in [2.05, 4.69) is 4.74 Å². The highest BCUT2D eigenvalue weighted by atomic mass is 19.4. The lowest BCUT2D eigenvalue weighted by molar-refractivity contribution is -0.412. The number of carbonyl (C=O) groups is 1. The summed E-state index contributed by atoms with van der Waals surface area (Å²) in [7, 11) is 0. The Bertz CT molecular complexity index is 340. The van der Waals surface area contributed by atoms with Crippen LogP contribution in [0.3, 0.4) is 0 Å². The van der Waals surface area contributed by atoms with Crippen LogP contribution in [0.5, 0.6) is 0 Å². The van der Waals surface area contributed by atoms with Crippen molar-refractivity contribution in [1.29, 1.82) is 0 Å². The molecule has 132 valence electrons. The van der Waals surface area contributed by atoms with Crippen LogP contribution in [-0.2, 0) is 9.53 Å². The number of ether oxygens (including phenoxy) is 1. The topological polar surface area (TPSA) is 26.3 Å². The summed E-state index contributed by atoms with van der Waals surface area (Å²) in [5, 5.41) is 0. The van der Waals surface area contributed by atoms with Gasteiger partial charge in [0, 0.05) is 6.42 Å². The largest absolute Gasteiger partial charge is 0.476 e. The lowest BCUT2D eigenvalue weighted by Crippen LogP contribution is -2.54. The summed E-state index contributed by atoms with van der Waals surface area (Å²) in [4.78, 5) is 11.0. The highest BCUT2D eigenvalue weighted by molar-refractivity contribution is 5.69. The fraction of sp³-hybridized carbons (Fsp3) is 0.923. The Morgan fingerprint density at radius 3 is 1.73 bits per heavy atom. The van der Waals surface area contributed by atoms with E-state index in [0.29, 0.717) is 6.42 Å². The molecule has 0 rings (SSSR count). The lowest BCUT2D eigenvalue weighted by atomic mass is 10.1. The smallest absolute Gasteiger partial charge is 0.396 e. The third-order valence-electron chi connectivity index (χ3n) is 2.95. The number of alkyl halides is 7. The van der Waals surface area contributed by atoms with Crippen molar-refractivity contribution >= 4 is 5.97 Å². The first kappa shape index (κ1) is 21.0. The van der Waals surface area contributed by atoms with Crippen LogP contribution < -0.4 is 0 Å². The predicted octanol–water partition coefficient (Wildman–Crippen LogP) is 5.46. The van der Waals surface area contributed by atoms with Gasteiger partial charge in [-0.15, -0.1) is 0 Å². The van der Waals surface area contributed by atoms with Gasteiger partial charge in [0.05, 0.1) is 0 Å². The number of unbranched alkanes of at least 4 members (excludes halogenated alkanes) is 6. The number of rotatable bonds is 10. The number of esters is 1. The van der Waals surface area contributed by atoms with Crippen molar-refractivity contribution < 1.29 is 40.3 Å². The fourth-order valence-corrected chi connectivity index (χ4v) is 1.65. The highest BCUT2D eigenvalue weighted by Gasteiger charge is 2.76. The van der Waals surface area contributed by atoms with Crippen LogP contribution in [-0.4, -0.2) is 24.2 Å². The zero-order valence-corrected chi connectivity index (χ0v) is 12.1. The van der Waals surface area contributed by atoms with Crippen LogP contribution in [0.4, 0.5) is 30.7 Å². The summed E-state index contributed by atoms with van der Waals surface area (Å²) in [6, 6.07) is 0. The van der Waals surface area contributed by atoms with Crippen molar-refractivity contribution in [3.8, 4) is 0 Å². The van der Waals surface area contributed by atoms with E-state index in [1.54, 1.807) is 0 Å². The molecule has 0 radical (unpaired) electrons. The normalized spacial score (nSPS) is 13.3. The molecule has 0 aliphatic carbocycles. The number of carbonyl (C=O) groups excluding carboxylic acids is 1. The molecule has 0 atom stereocenters. The summed E-state index contributed by atoms with van der Waals surface area (Å²) in [6.07, 6.45) is -7.80. The third-order valence-corrected chi connectivity index (χ3v) is 2.95. The summed E-state index contributed by atoms with van der Waals surface area (Å²) in [5.74, 6) is -8.20. The van der Waals surface area contributed by atoms with Gasteiger partial charge in [-0.2, -0.15) is 30.7 Å². The van der Waals surface area contributed by atoms with Gasteiger partial charge in [0.1, 0.15) is 0 Å². The Morgan fingerprint density at radius 1 is 0.818 bits per heavy atom. The molecule has 9 heteroatoms. The molecule has 0 heterocycles. The number of hydrogen-bond acceptors (Lipinski definition) is 2. The van der Waals surface area contributed by atoms with Crippen LogP contribution in [0.1, 0.15) is 58.3 Å². The zero-order valence-electron chi connectivity index (χ0n) is 12.1. The average molecular weight is 340 g/mol. The Morgan fingerprint density at radius 2 is 1.27 bits per heavy atom. The first-order chi connectivity index (χ1) is 9.95. The predicted molar refractivity (Wildman–Crippen MR) is 64.7 cm³/mol. The van der Waals surface area contributed by atoms with Crippen LogP contribution in [0.2, 0.25) is 0 Å². The van der Waals surface area contributed by atoms with E-state index in [1.165, 1.54) is 0 Å². The summed E-state index contributed by atoms with van der Waals surface area (Å²) in [5.41, 5.74) is 0. The van der Waals surface area contributed by atoms with Gasteiger partial charge in [-0.1, -0.05) is 45.4 Å². The molecule has 0 aromatic carbocycles. The molecule has 0 fully saturated rings.